The molecule has 0 unspecified atom stereocenters. The smallest absolute Gasteiger partial charge is 0.271 e. The number of benzene rings is 4. The number of hydrogen-bond donors (Lipinski definition) is 2. The van der Waals surface area contributed by atoms with Crippen molar-refractivity contribution in [2.24, 2.45) is 5.10 Å². The van der Waals surface area contributed by atoms with Crippen LogP contribution in [0.25, 0.3) is 16.8 Å². The van der Waals surface area contributed by atoms with Crippen LogP contribution >= 0.6 is 11.6 Å². The zero-order valence-electron chi connectivity index (χ0n) is 18.6. The number of carbonyl (C=O) groups excluding carboxylic acids is 1. The van der Waals surface area contributed by atoms with Crippen molar-refractivity contribution in [3.05, 3.63) is 118 Å². The maximum absolute atomic E-state index is 12.3. The van der Waals surface area contributed by atoms with Crippen LogP contribution in [-0.2, 0) is 6.42 Å². The van der Waals surface area contributed by atoms with E-state index in [4.69, 9.17) is 11.6 Å². The molecule has 0 atom stereocenters. The molecule has 0 fully saturated rings. The molecule has 0 aliphatic rings. The van der Waals surface area contributed by atoms with E-state index in [1.54, 1.807) is 6.21 Å². The summed E-state index contributed by atoms with van der Waals surface area (Å²) in [5.74, 6) is -0.476. The Hall–Kier alpha value is -3.89. The molecule has 0 aliphatic heterocycles. The highest BCUT2D eigenvalue weighted by Crippen LogP contribution is 2.24. The van der Waals surface area contributed by atoms with E-state index in [0.717, 1.165) is 41.2 Å². The second-order valence-corrected chi connectivity index (χ2v) is 8.34. The number of rotatable bonds is 8. The molecule has 0 radical (unpaired) electrons. The monoisotopic (exact) mass is 468 g/mol. The number of unbranched alkanes of at least 4 members (excludes halogenated alkanes) is 1. The van der Waals surface area contributed by atoms with E-state index in [0.29, 0.717) is 5.56 Å². The number of hydrogen-bond acceptors (Lipinski definition) is 3. The standard InChI is InChI=1S/C29H25ClN2O2/c30-27-19-23(17-18-28(27)33)29(34)32-31-20-24-16-15-22(25-13-7-8-14-26(24)25)12-6-2-5-11-21-9-3-1-4-10-21/h1,3-4,6-10,12-20,33H,2,5,11H2,(H,32,34)/b12-6+,31-20+. The molecule has 0 spiro atoms. The summed E-state index contributed by atoms with van der Waals surface area (Å²) in [6, 6.07) is 27.0. The molecule has 34 heavy (non-hydrogen) atoms. The maximum Gasteiger partial charge on any atom is 0.271 e. The van der Waals surface area contributed by atoms with E-state index in [1.807, 2.05) is 30.3 Å². The molecule has 0 saturated carbocycles. The second kappa shape index (κ2) is 11.3. The Morgan fingerprint density at radius 3 is 2.38 bits per heavy atom. The third-order valence-electron chi connectivity index (χ3n) is 5.55. The van der Waals surface area contributed by atoms with Crippen LogP contribution in [0.5, 0.6) is 5.75 Å². The quantitative estimate of drug-likeness (QED) is 0.166. The first kappa shape index (κ1) is 23.3. The van der Waals surface area contributed by atoms with Crippen molar-refractivity contribution in [3.63, 3.8) is 0 Å². The fraction of sp³-hybridized carbons (Fsp3) is 0.103. The molecule has 0 aliphatic carbocycles. The zero-order valence-corrected chi connectivity index (χ0v) is 19.4. The van der Waals surface area contributed by atoms with Crippen LogP contribution in [0.15, 0.2) is 96.1 Å². The largest absolute Gasteiger partial charge is 0.506 e. The van der Waals surface area contributed by atoms with Crippen LogP contribution in [0.1, 0.15) is 39.9 Å². The third-order valence-corrected chi connectivity index (χ3v) is 5.85. The van der Waals surface area contributed by atoms with Crippen molar-refractivity contribution >= 4 is 40.6 Å². The van der Waals surface area contributed by atoms with Gasteiger partial charge in [0.25, 0.3) is 5.91 Å². The van der Waals surface area contributed by atoms with Crippen LogP contribution < -0.4 is 5.43 Å². The number of hydrazone groups is 1. The Balaban J connectivity index is 1.42. The minimum absolute atomic E-state index is 0.0708. The summed E-state index contributed by atoms with van der Waals surface area (Å²) in [5.41, 5.74) is 6.25. The first-order valence-electron chi connectivity index (χ1n) is 11.2. The van der Waals surface area contributed by atoms with Crippen molar-refractivity contribution in [1.29, 1.82) is 0 Å². The molecule has 4 nitrogen and oxygen atoms in total. The van der Waals surface area contributed by atoms with Crippen LogP contribution in [-0.4, -0.2) is 17.2 Å². The molecular weight excluding hydrogens is 444 g/mol. The van der Waals surface area contributed by atoms with Crippen molar-refractivity contribution in [2.75, 3.05) is 0 Å². The van der Waals surface area contributed by atoms with E-state index < -0.39 is 5.91 Å². The third kappa shape index (κ3) is 5.91. The van der Waals surface area contributed by atoms with Gasteiger partial charge in [0.05, 0.1) is 11.2 Å². The Kier molecular flexibility index (Phi) is 7.74. The average molecular weight is 469 g/mol. The fourth-order valence-corrected chi connectivity index (χ4v) is 3.94. The Morgan fingerprint density at radius 1 is 0.912 bits per heavy atom. The maximum atomic E-state index is 12.3. The number of phenols is 1. The van der Waals surface area contributed by atoms with E-state index in [1.165, 1.54) is 23.8 Å². The van der Waals surface area contributed by atoms with Gasteiger partial charge in [0, 0.05) is 11.1 Å². The lowest BCUT2D eigenvalue weighted by Gasteiger charge is -2.06. The Bertz CT molecular complexity index is 1350. The summed E-state index contributed by atoms with van der Waals surface area (Å²) in [6.07, 6.45) is 9.22. The fourth-order valence-electron chi connectivity index (χ4n) is 3.76. The molecule has 0 bridgehead atoms. The van der Waals surface area contributed by atoms with Gasteiger partial charge in [-0.2, -0.15) is 5.10 Å². The van der Waals surface area contributed by atoms with E-state index in [-0.39, 0.29) is 10.8 Å². The summed E-state index contributed by atoms with van der Waals surface area (Å²) < 4.78 is 0. The number of aryl methyl sites for hydroxylation is 1. The SMILES string of the molecule is O=C(N/N=C/c1ccc(/C=C/CCCc2ccccc2)c2ccccc12)c1ccc(O)c(Cl)c1. The minimum atomic E-state index is -0.405. The molecule has 4 aromatic carbocycles. The molecule has 4 rings (SSSR count). The normalized spacial score (nSPS) is 11.4. The summed E-state index contributed by atoms with van der Waals surface area (Å²) in [4.78, 5) is 12.3. The highest BCUT2D eigenvalue weighted by atomic mass is 35.5. The summed E-state index contributed by atoms with van der Waals surface area (Å²) in [7, 11) is 0. The lowest BCUT2D eigenvalue weighted by molar-refractivity contribution is 0.0955. The lowest BCUT2D eigenvalue weighted by Crippen LogP contribution is -2.17. The molecule has 0 saturated heterocycles. The summed E-state index contributed by atoms with van der Waals surface area (Å²) in [5, 5.41) is 15.9. The van der Waals surface area contributed by atoms with Crippen molar-refractivity contribution < 1.29 is 9.90 Å². The molecule has 0 heterocycles. The number of nitrogens with zero attached hydrogens (tertiary/aromatic N) is 1. The van der Waals surface area contributed by atoms with Crippen molar-refractivity contribution in [2.45, 2.75) is 19.3 Å². The molecule has 0 aromatic heterocycles. The van der Waals surface area contributed by atoms with Gasteiger partial charge in [-0.1, -0.05) is 90.5 Å². The van der Waals surface area contributed by atoms with Gasteiger partial charge in [0.1, 0.15) is 5.75 Å². The van der Waals surface area contributed by atoms with Gasteiger partial charge in [-0.15, -0.1) is 0 Å². The predicted octanol–water partition coefficient (Wildman–Crippen LogP) is 7.00. The van der Waals surface area contributed by atoms with Crippen LogP contribution in [0.4, 0.5) is 0 Å². The van der Waals surface area contributed by atoms with E-state index >= 15 is 0 Å². The molecule has 170 valence electrons. The Morgan fingerprint density at radius 2 is 1.62 bits per heavy atom. The van der Waals surface area contributed by atoms with Gasteiger partial charge in [-0.3, -0.25) is 4.79 Å². The number of halogens is 1. The number of amides is 1. The first-order chi connectivity index (χ1) is 16.6. The van der Waals surface area contributed by atoms with Gasteiger partial charge in [-0.05, 0) is 59.4 Å². The highest BCUT2D eigenvalue weighted by molar-refractivity contribution is 6.32. The number of carbonyl (C=O) groups is 1. The van der Waals surface area contributed by atoms with Crippen LogP contribution in [0.2, 0.25) is 5.02 Å². The number of aromatic hydroxyl groups is 1. The van der Waals surface area contributed by atoms with Crippen LogP contribution in [0.3, 0.4) is 0 Å². The van der Waals surface area contributed by atoms with E-state index in [2.05, 4.69) is 59.1 Å². The topological polar surface area (TPSA) is 61.7 Å². The predicted molar refractivity (Wildman–Crippen MR) is 141 cm³/mol. The van der Waals surface area contributed by atoms with E-state index in [9.17, 15) is 9.90 Å². The number of phenolic OH excluding ortho intramolecular Hbond substituents is 1. The minimum Gasteiger partial charge on any atom is -0.506 e. The molecule has 4 aromatic rings. The molecule has 5 heteroatoms. The lowest BCUT2D eigenvalue weighted by atomic mass is 9.99. The van der Waals surface area contributed by atoms with Gasteiger partial charge in [0.2, 0.25) is 0 Å². The molecular formula is C29H25ClN2O2. The number of fused-ring (bicyclic) bond motifs is 1. The highest BCUT2D eigenvalue weighted by Gasteiger charge is 2.08. The van der Waals surface area contributed by atoms with Crippen molar-refractivity contribution in [3.8, 4) is 5.75 Å². The molecule has 1 amide bonds. The van der Waals surface area contributed by atoms with Gasteiger partial charge in [0.15, 0.2) is 0 Å². The molecule has 2 N–H and O–H groups in total. The van der Waals surface area contributed by atoms with Gasteiger partial charge in [-0.25, -0.2) is 5.43 Å². The zero-order chi connectivity index (χ0) is 23.8. The number of allylic oxidation sites excluding steroid dienone is 1. The van der Waals surface area contributed by atoms with Gasteiger partial charge < -0.3 is 5.11 Å². The number of nitrogens with one attached hydrogen (secondary N) is 1. The van der Waals surface area contributed by atoms with Crippen molar-refractivity contribution in [1.82, 2.24) is 5.43 Å². The Labute approximate surface area is 204 Å². The summed E-state index contributed by atoms with van der Waals surface area (Å²) in [6.45, 7) is 0. The second-order valence-electron chi connectivity index (χ2n) is 7.94. The first-order valence-corrected chi connectivity index (χ1v) is 11.5. The summed E-state index contributed by atoms with van der Waals surface area (Å²) >= 11 is 5.88. The average Bonchev–Trinajstić information content (AvgIpc) is 2.87. The van der Waals surface area contributed by atoms with Crippen LogP contribution in [0, 0.1) is 0 Å². The van der Waals surface area contributed by atoms with Gasteiger partial charge >= 0.3 is 0 Å².